The van der Waals surface area contributed by atoms with Crippen molar-refractivity contribution >= 4 is 53.3 Å². The highest BCUT2D eigenvalue weighted by molar-refractivity contribution is 7.26. The van der Waals surface area contributed by atoms with Gasteiger partial charge in [-0.15, -0.1) is 11.3 Å². The quantitative estimate of drug-likeness (QED) is 0.160. The van der Waals surface area contributed by atoms with Crippen LogP contribution < -0.4 is 0 Å². The van der Waals surface area contributed by atoms with Crippen LogP contribution in [-0.2, 0) is 5.41 Å². The van der Waals surface area contributed by atoms with Crippen molar-refractivity contribution < 1.29 is 0 Å². The Morgan fingerprint density at radius 3 is 1.55 bits per heavy atom. The van der Waals surface area contributed by atoms with E-state index in [1.807, 2.05) is 0 Å². The van der Waals surface area contributed by atoms with E-state index in [0.717, 1.165) is 43.8 Å². The van der Waals surface area contributed by atoms with Crippen LogP contribution >= 0.6 is 11.3 Å². The van der Waals surface area contributed by atoms with Crippen LogP contribution in [0.5, 0.6) is 0 Å². The molecule has 0 saturated heterocycles. The highest BCUT2D eigenvalue weighted by Crippen LogP contribution is 2.58. The fourth-order valence-corrected chi connectivity index (χ4v) is 12.5. The zero-order valence-electron chi connectivity index (χ0n) is 37.3. The van der Waals surface area contributed by atoms with Crippen LogP contribution in [0.4, 0.5) is 0 Å². The van der Waals surface area contributed by atoms with Gasteiger partial charge in [-0.25, -0.2) is 15.0 Å². The molecular weight excluding hydrogens is 857 g/mol. The molecule has 3 aromatic heterocycles. The molecule has 4 nitrogen and oxygen atoms in total. The normalized spacial score (nSPS) is 12.8. The molecule has 13 aromatic rings. The second-order valence-electron chi connectivity index (χ2n) is 17.8. The van der Waals surface area contributed by atoms with Crippen LogP contribution in [0.2, 0.25) is 0 Å². The van der Waals surface area contributed by atoms with Crippen LogP contribution in [-0.4, -0.2) is 19.5 Å². The number of benzene rings is 10. The average Bonchev–Trinajstić information content (AvgIpc) is 4.08. The molecule has 10 aromatic carbocycles. The largest absolute Gasteiger partial charge is 0.309 e. The lowest BCUT2D eigenvalue weighted by Gasteiger charge is -2.33. The van der Waals surface area contributed by atoms with E-state index in [-0.39, 0.29) is 0 Å². The second kappa shape index (κ2) is 15.7. The lowest BCUT2D eigenvalue weighted by Crippen LogP contribution is -2.28. The summed E-state index contributed by atoms with van der Waals surface area (Å²) in [6, 6.07) is 87.4. The van der Waals surface area contributed by atoms with E-state index in [1.165, 1.54) is 65.1 Å². The molecule has 1 aliphatic rings. The van der Waals surface area contributed by atoms with E-state index < -0.39 is 5.41 Å². The number of rotatable bonds is 7. The molecule has 0 amide bonds. The van der Waals surface area contributed by atoms with Gasteiger partial charge < -0.3 is 4.57 Å². The zero-order valence-corrected chi connectivity index (χ0v) is 38.1. The number of fused-ring (bicyclic) bond motifs is 9. The maximum Gasteiger partial charge on any atom is 0.165 e. The molecular formula is C64H40N4S. The molecule has 14 rings (SSSR count). The fourth-order valence-electron chi connectivity index (χ4n) is 11.2. The molecule has 69 heavy (non-hydrogen) atoms. The standard InChI is InChI=1S/C64H40N4S/c1-3-19-43(20-4-1)64(44-21-5-2-6-22-44)53-31-12-7-27-50(53)59-51(29-18-32-54(59)64)62-65-61(66-63(67-62)52-30-17-28-49-48-26-11-16-36-58(48)69-60(49)52)42-39-37-41(38-40-42)45-23-8-13-33-55(45)68-56-34-14-9-24-46(56)47-25-10-15-35-57(47)68/h1-40H. The highest BCUT2D eigenvalue weighted by atomic mass is 32.1. The van der Waals surface area contributed by atoms with E-state index >= 15 is 0 Å². The van der Waals surface area contributed by atoms with Crippen LogP contribution in [0.15, 0.2) is 243 Å². The molecule has 3 heterocycles. The van der Waals surface area contributed by atoms with Crippen LogP contribution in [0, 0.1) is 0 Å². The zero-order chi connectivity index (χ0) is 45.5. The Hall–Kier alpha value is -8.77. The molecule has 0 N–H and O–H groups in total. The topological polar surface area (TPSA) is 43.6 Å². The van der Waals surface area contributed by atoms with Gasteiger partial charge in [-0.05, 0) is 69.3 Å². The van der Waals surface area contributed by atoms with Gasteiger partial charge in [0.05, 0.1) is 22.1 Å². The second-order valence-corrected chi connectivity index (χ2v) is 18.9. The number of thiophene rings is 1. The molecule has 322 valence electrons. The smallest absolute Gasteiger partial charge is 0.165 e. The Kier molecular flexibility index (Phi) is 8.95. The van der Waals surface area contributed by atoms with Crippen LogP contribution in [0.25, 0.3) is 104 Å². The van der Waals surface area contributed by atoms with E-state index in [2.05, 4.69) is 247 Å². The maximum absolute atomic E-state index is 5.50. The number of hydrogen-bond donors (Lipinski definition) is 0. The number of nitrogens with zero attached hydrogens (tertiary/aromatic N) is 4. The summed E-state index contributed by atoms with van der Waals surface area (Å²) in [5, 5.41) is 4.92. The van der Waals surface area contributed by atoms with Gasteiger partial charge in [-0.3, -0.25) is 0 Å². The molecule has 0 bridgehead atoms. The lowest BCUT2D eigenvalue weighted by molar-refractivity contribution is 0.768. The Balaban J connectivity index is 0.978. The minimum Gasteiger partial charge on any atom is -0.309 e. The van der Waals surface area contributed by atoms with Gasteiger partial charge in [0.15, 0.2) is 17.5 Å². The van der Waals surface area contributed by atoms with Gasteiger partial charge in [0, 0.05) is 53.2 Å². The molecule has 0 saturated carbocycles. The lowest BCUT2D eigenvalue weighted by atomic mass is 9.67. The molecule has 1 aliphatic carbocycles. The minimum atomic E-state index is -0.558. The molecule has 5 heteroatoms. The monoisotopic (exact) mass is 896 g/mol. The molecule has 0 atom stereocenters. The Labute approximate surface area is 403 Å². The third-order valence-corrected chi connectivity index (χ3v) is 15.4. The first kappa shape index (κ1) is 39.4. The predicted octanol–water partition coefficient (Wildman–Crippen LogP) is 16.4. The van der Waals surface area contributed by atoms with Crippen molar-refractivity contribution in [3.05, 3.63) is 265 Å². The summed E-state index contributed by atoms with van der Waals surface area (Å²) < 4.78 is 4.80. The molecule has 0 fully saturated rings. The summed E-state index contributed by atoms with van der Waals surface area (Å²) in [5.41, 5.74) is 15.3. The van der Waals surface area contributed by atoms with Crippen molar-refractivity contribution in [3.8, 4) is 62.1 Å². The third-order valence-electron chi connectivity index (χ3n) is 14.2. The van der Waals surface area contributed by atoms with Crippen molar-refractivity contribution in [1.29, 1.82) is 0 Å². The average molecular weight is 897 g/mol. The van der Waals surface area contributed by atoms with Gasteiger partial charge in [-0.2, -0.15) is 0 Å². The first-order chi connectivity index (χ1) is 34.2. The summed E-state index contributed by atoms with van der Waals surface area (Å²) in [4.78, 5) is 16.4. The first-order valence-electron chi connectivity index (χ1n) is 23.4. The molecule has 0 spiro atoms. The highest BCUT2D eigenvalue weighted by Gasteiger charge is 2.47. The molecule has 0 radical (unpaired) electrons. The molecule has 0 aliphatic heterocycles. The van der Waals surface area contributed by atoms with Crippen LogP contribution in [0.3, 0.4) is 0 Å². The van der Waals surface area contributed by atoms with E-state index in [1.54, 1.807) is 11.3 Å². The maximum atomic E-state index is 5.50. The van der Waals surface area contributed by atoms with Gasteiger partial charge in [-0.1, -0.05) is 212 Å². The Morgan fingerprint density at radius 1 is 0.333 bits per heavy atom. The number of hydrogen-bond acceptors (Lipinski definition) is 4. The van der Waals surface area contributed by atoms with Gasteiger partial charge in [0.25, 0.3) is 0 Å². The summed E-state index contributed by atoms with van der Waals surface area (Å²) in [7, 11) is 0. The summed E-state index contributed by atoms with van der Waals surface area (Å²) in [5.74, 6) is 1.91. The first-order valence-corrected chi connectivity index (χ1v) is 24.3. The van der Waals surface area contributed by atoms with Crippen molar-refractivity contribution in [2.24, 2.45) is 0 Å². The van der Waals surface area contributed by atoms with Crippen molar-refractivity contribution in [2.45, 2.75) is 5.41 Å². The number of para-hydroxylation sites is 3. The predicted molar refractivity (Wildman–Crippen MR) is 286 cm³/mol. The summed E-state index contributed by atoms with van der Waals surface area (Å²) >= 11 is 1.79. The van der Waals surface area contributed by atoms with E-state index in [0.29, 0.717) is 17.5 Å². The van der Waals surface area contributed by atoms with Crippen molar-refractivity contribution in [2.75, 3.05) is 0 Å². The number of aromatic nitrogens is 4. The third kappa shape index (κ3) is 5.97. The van der Waals surface area contributed by atoms with Gasteiger partial charge in [0.2, 0.25) is 0 Å². The van der Waals surface area contributed by atoms with Gasteiger partial charge in [0.1, 0.15) is 0 Å². The summed E-state index contributed by atoms with van der Waals surface area (Å²) in [6.45, 7) is 0. The van der Waals surface area contributed by atoms with E-state index in [9.17, 15) is 0 Å². The van der Waals surface area contributed by atoms with Gasteiger partial charge >= 0.3 is 0 Å². The fraction of sp³-hybridized carbons (Fsp3) is 0.0156. The van der Waals surface area contributed by atoms with E-state index in [4.69, 9.17) is 15.0 Å². The molecule has 0 unspecified atom stereocenters. The minimum absolute atomic E-state index is 0.558. The Morgan fingerprint density at radius 2 is 0.826 bits per heavy atom. The van der Waals surface area contributed by atoms with Crippen LogP contribution in [0.1, 0.15) is 22.3 Å². The summed E-state index contributed by atoms with van der Waals surface area (Å²) in [6.07, 6.45) is 0. The van der Waals surface area contributed by atoms with Crippen molar-refractivity contribution in [1.82, 2.24) is 19.5 Å². The SMILES string of the molecule is c1ccc(C2(c3ccccc3)c3ccccc3-c3c(-c4nc(-c5ccc(-c6ccccc6-n6c7ccccc7c7ccccc76)cc5)nc(-c5cccc6c5sc5ccccc56)n4)cccc32)cc1. The van der Waals surface area contributed by atoms with Crippen molar-refractivity contribution in [3.63, 3.8) is 0 Å². The Bertz CT molecular complexity index is 4040.